The predicted molar refractivity (Wildman–Crippen MR) is 112 cm³/mol. The van der Waals surface area contributed by atoms with Crippen LogP contribution in [0.3, 0.4) is 0 Å². The van der Waals surface area contributed by atoms with Crippen LogP contribution >= 0.6 is 0 Å². The molecule has 6 nitrogen and oxygen atoms in total. The van der Waals surface area contributed by atoms with Crippen molar-refractivity contribution in [1.82, 2.24) is 20.2 Å². The predicted octanol–water partition coefficient (Wildman–Crippen LogP) is 3.21. The van der Waals surface area contributed by atoms with Gasteiger partial charge in [0, 0.05) is 62.6 Å². The van der Waals surface area contributed by atoms with Crippen LogP contribution in [0.4, 0.5) is 0 Å². The molecule has 0 saturated carbocycles. The molecule has 1 aliphatic heterocycles. The molecule has 3 heterocycles. The van der Waals surface area contributed by atoms with Gasteiger partial charge in [0.2, 0.25) is 0 Å². The molecule has 150 valence electrons. The first-order chi connectivity index (χ1) is 14.3. The van der Waals surface area contributed by atoms with Crippen molar-refractivity contribution in [2.24, 2.45) is 0 Å². The third kappa shape index (κ3) is 4.91. The van der Waals surface area contributed by atoms with Gasteiger partial charge in [-0.1, -0.05) is 18.2 Å². The van der Waals surface area contributed by atoms with Gasteiger partial charge in [0.25, 0.3) is 0 Å². The van der Waals surface area contributed by atoms with E-state index in [0.29, 0.717) is 12.6 Å². The van der Waals surface area contributed by atoms with E-state index >= 15 is 0 Å². The lowest BCUT2D eigenvalue weighted by atomic mass is 10.0. The van der Waals surface area contributed by atoms with Gasteiger partial charge in [-0.05, 0) is 35.4 Å². The van der Waals surface area contributed by atoms with Gasteiger partial charge in [0.05, 0.1) is 7.11 Å². The Morgan fingerprint density at radius 1 is 1.03 bits per heavy atom. The Hall–Kier alpha value is -2.96. The molecular weight excluding hydrogens is 364 g/mol. The third-order valence-corrected chi connectivity index (χ3v) is 5.15. The minimum absolute atomic E-state index is 0.305. The fourth-order valence-corrected chi connectivity index (χ4v) is 3.65. The highest BCUT2D eigenvalue weighted by atomic mass is 16.5. The van der Waals surface area contributed by atoms with Gasteiger partial charge in [-0.3, -0.25) is 14.9 Å². The minimum atomic E-state index is 0.305. The summed E-state index contributed by atoms with van der Waals surface area (Å²) in [5, 5.41) is 3.50. The van der Waals surface area contributed by atoms with Crippen molar-refractivity contribution in [1.29, 1.82) is 0 Å². The topological polar surface area (TPSA) is 59.5 Å². The smallest absolute Gasteiger partial charge is 0.161 e. The lowest BCUT2D eigenvalue weighted by Crippen LogP contribution is -2.45. The molecule has 0 spiro atoms. The number of rotatable bonds is 7. The molecule has 4 rings (SSSR count). The maximum absolute atomic E-state index is 6.05. The summed E-state index contributed by atoms with van der Waals surface area (Å²) in [5.41, 5.74) is 3.46. The first-order valence-corrected chi connectivity index (χ1v) is 9.87. The zero-order valence-corrected chi connectivity index (χ0v) is 16.6. The summed E-state index contributed by atoms with van der Waals surface area (Å²) in [5.74, 6) is 1.49. The normalized spacial score (nSPS) is 17.1. The summed E-state index contributed by atoms with van der Waals surface area (Å²) in [6.45, 7) is 4.19. The van der Waals surface area contributed by atoms with Crippen LogP contribution in [-0.4, -0.2) is 41.6 Å². The van der Waals surface area contributed by atoms with Gasteiger partial charge in [-0.25, -0.2) is 0 Å². The summed E-state index contributed by atoms with van der Waals surface area (Å²) in [7, 11) is 1.67. The third-order valence-electron chi connectivity index (χ3n) is 5.15. The summed E-state index contributed by atoms with van der Waals surface area (Å²) < 4.78 is 11.5. The SMILES string of the molecule is COc1ccc(CN2CCNCC2c2cccnc2)cc1OCc1cccnc1. The number of hydrogen-bond acceptors (Lipinski definition) is 6. The molecule has 0 bridgehead atoms. The van der Waals surface area contributed by atoms with Crippen LogP contribution in [0.25, 0.3) is 0 Å². The fraction of sp³-hybridized carbons (Fsp3) is 0.304. The number of benzene rings is 1. The Labute approximate surface area is 171 Å². The molecule has 0 amide bonds. The highest BCUT2D eigenvalue weighted by Gasteiger charge is 2.24. The highest BCUT2D eigenvalue weighted by Crippen LogP contribution is 2.31. The van der Waals surface area contributed by atoms with Crippen molar-refractivity contribution in [2.45, 2.75) is 19.2 Å². The van der Waals surface area contributed by atoms with Gasteiger partial charge in [0.15, 0.2) is 11.5 Å². The summed E-state index contributed by atoms with van der Waals surface area (Å²) in [6, 6.07) is 14.5. The van der Waals surface area contributed by atoms with E-state index in [2.05, 4.69) is 38.4 Å². The second kappa shape index (κ2) is 9.49. The van der Waals surface area contributed by atoms with Crippen molar-refractivity contribution in [3.05, 3.63) is 83.9 Å². The van der Waals surface area contributed by atoms with Crippen LogP contribution < -0.4 is 14.8 Å². The van der Waals surface area contributed by atoms with Gasteiger partial charge in [-0.15, -0.1) is 0 Å². The molecule has 6 heteroatoms. The van der Waals surface area contributed by atoms with Crippen molar-refractivity contribution in [3.8, 4) is 11.5 Å². The summed E-state index contributed by atoms with van der Waals surface area (Å²) >= 11 is 0. The van der Waals surface area contributed by atoms with Crippen LogP contribution in [0.15, 0.2) is 67.3 Å². The van der Waals surface area contributed by atoms with E-state index in [9.17, 15) is 0 Å². The Morgan fingerprint density at radius 2 is 1.90 bits per heavy atom. The molecule has 0 aliphatic carbocycles. The zero-order chi connectivity index (χ0) is 19.9. The standard InChI is InChI=1S/C23H26N4O2/c1-28-22-7-6-18(12-23(22)29-17-19-4-2-8-24-13-19)16-27-11-10-26-15-21(27)20-5-3-9-25-14-20/h2-9,12-14,21,26H,10-11,15-17H2,1H3. The lowest BCUT2D eigenvalue weighted by Gasteiger charge is -2.36. The van der Waals surface area contributed by atoms with Crippen molar-refractivity contribution in [3.63, 3.8) is 0 Å². The van der Waals surface area contributed by atoms with Gasteiger partial charge in [0.1, 0.15) is 6.61 Å². The molecule has 1 aliphatic rings. The quantitative estimate of drug-likeness (QED) is 0.669. The van der Waals surface area contributed by atoms with Gasteiger partial charge in [-0.2, -0.15) is 0 Å². The first kappa shape index (κ1) is 19.4. The number of nitrogens with one attached hydrogen (secondary N) is 1. The molecule has 1 fully saturated rings. The maximum atomic E-state index is 6.05. The van der Waals surface area contributed by atoms with Gasteiger partial charge < -0.3 is 14.8 Å². The van der Waals surface area contributed by atoms with Crippen molar-refractivity contribution in [2.75, 3.05) is 26.7 Å². The number of methoxy groups -OCH3 is 1. The van der Waals surface area contributed by atoms with E-state index in [1.807, 2.05) is 42.9 Å². The number of pyridine rings is 2. The van der Waals surface area contributed by atoms with Gasteiger partial charge >= 0.3 is 0 Å². The summed E-state index contributed by atoms with van der Waals surface area (Å²) in [4.78, 5) is 10.9. The molecule has 1 aromatic carbocycles. The highest BCUT2D eigenvalue weighted by molar-refractivity contribution is 5.43. The second-order valence-corrected chi connectivity index (χ2v) is 7.11. The van der Waals surface area contributed by atoms with Crippen LogP contribution in [0, 0.1) is 0 Å². The largest absolute Gasteiger partial charge is 0.493 e. The molecular formula is C23H26N4O2. The molecule has 1 atom stereocenters. The van der Waals surface area contributed by atoms with Crippen LogP contribution in [0.1, 0.15) is 22.7 Å². The Kier molecular flexibility index (Phi) is 6.34. The second-order valence-electron chi connectivity index (χ2n) is 7.11. The minimum Gasteiger partial charge on any atom is -0.493 e. The molecule has 1 saturated heterocycles. The van der Waals surface area contributed by atoms with Crippen LogP contribution in [0.2, 0.25) is 0 Å². The van der Waals surface area contributed by atoms with E-state index in [0.717, 1.165) is 43.2 Å². The Bertz CT molecular complexity index is 905. The first-order valence-electron chi connectivity index (χ1n) is 9.87. The lowest BCUT2D eigenvalue weighted by molar-refractivity contribution is 0.153. The Morgan fingerprint density at radius 3 is 2.66 bits per heavy atom. The average Bonchev–Trinajstić information content (AvgIpc) is 2.79. The monoisotopic (exact) mass is 390 g/mol. The molecule has 1 N–H and O–H groups in total. The number of aromatic nitrogens is 2. The van der Waals surface area contributed by atoms with E-state index in [1.54, 1.807) is 13.3 Å². The zero-order valence-electron chi connectivity index (χ0n) is 16.6. The maximum Gasteiger partial charge on any atom is 0.161 e. The average molecular weight is 390 g/mol. The summed E-state index contributed by atoms with van der Waals surface area (Å²) in [6.07, 6.45) is 7.35. The Balaban J connectivity index is 1.50. The molecule has 0 radical (unpaired) electrons. The number of nitrogens with zero attached hydrogens (tertiary/aromatic N) is 3. The van der Waals surface area contributed by atoms with E-state index in [4.69, 9.17) is 9.47 Å². The fourth-order valence-electron chi connectivity index (χ4n) is 3.65. The van der Waals surface area contributed by atoms with Crippen LogP contribution in [-0.2, 0) is 13.2 Å². The van der Waals surface area contributed by atoms with E-state index < -0.39 is 0 Å². The number of ether oxygens (including phenoxy) is 2. The molecule has 2 aromatic heterocycles. The van der Waals surface area contributed by atoms with E-state index in [-0.39, 0.29) is 0 Å². The molecule has 29 heavy (non-hydrogen) atoms. The van der Waals surface area contributed by atoms with Crippen molar-refractivity contribution >= 4 is 0 Å². The number of hydrogen-bond donors (Lipinski definition) is 1. The van der Waals surface area contributed by atoms with Crippen LogP contribution in [0.5, 0.6) is 11.5 Å². The van der Waals surface area contributed by atoms with Crippen molar-refractivity contribution < 1.29 is 9.47 Å². The molecule has 1 unspecified atom stereocenters. The van der Waals surface area contributed by atoms with E-state index in [1.165, 1.54) is 11.1 Å². The number of piperazine rings is 1. The molecule has 3 aromatic rings.